The van der Waals surface area contributed by atoms with Crippen LogP contribution in [-0.4, -0.2) is 18.2 Å². The van der Waals surface area contributed by atoms with Crippen molar-refractivity contribution in [1.29, 1.82) is 5.26 Å². The van der Waals surface area contributed by atoms with Gasteiger partial charge in [0.05, 0.1) is 22.4 Å². The number of nitrogens with zero attached hydrogens (tertiary/aromatic N) is 2. The van der Waals surface area contributed by atoms with Crippen LogP contribution in [0.2, 0.25) is 0 Å². The molecule has 0 saturated heterocycles. The van der Waals surface area contributed by atoms with E-state index in [2.05, 4.69) is 4.72 Å². The molecule has 1 aromatic heterocycles. The minimum atomic E-state index is -4.61. The van der Waals surface area contributed by atoms with Crippen molar-refractivity contribution >= 4 is 20.9 Å². The molecule has 4 rings (SSSR count). The Labute approximate surface area is 197 Å². The lowest BCUT2D eigenvalue weighted by atomic mass is 9.93. The molecule has 1 fully saturated rings. The van der Waals surface area contributed by atoms with E-state index in [4.69, 9.17) is 0 Å². The predicted octanol–water partition coefficient (Wildman–Crippen LogP) is 5.83. The number of halogens is 3. The van der Waals surface area contributed by atoms with Gasteiger partial charge in [0.2, 0.25) is 10.0 Å². The molecule has 0 atom stereocenters. The number of alkyl halides is 3. The van der Waals surface area contributed by atoms with E-state index in [1.807, 2.05) is 37.6 Å². The minimum Gasteiger partial charge on any atom is -0.347 e. The fraction of sp³-hybridized carbons (Fsp3) is 0.400. The Hall–Kier alpha value is -2.83. The zero-order valence-electron chi connectivity index (χ0n) is 19.2. The van der Waals surface area contributed by atoms with Crippen LogP contribution >= 0.6 is 0 Å². The van der Waals surface area contributed by atoms with Gasteiger partial charge in [0.15, 0.2) is 0 Å². The van der Waals surface area contributed by atoms with Crippen LogP contribution in [0.1, 0.15) is 50.3 Å². The molecule has 9 heteroatoms. The van der Waals surface area contributed by atoms with Gasteiger partial charge in [0.1, 0.15) is 0 Å². The van der Waals surface area contributed by atoms with Crippen LogP contribution in [-0.2, 0) is 29.3 Å². The zero-order chi connectivity index (χ0) is 24.9. The number of nitrogens with one attached hydrogen (secondary N) is 1. The maximum absolute atomic E-state index is 13.8. The second kappa shape index (κ2) is 8.43. The van der Waals surface area contributed by atoms with Gasteiger partial charge in [-0.2, -0.15) is 18.4 Å². The molecule has 2 aromatic carbocycles. The first kappa shape index (κ1) is 24.3. The molecular weight excluding hydrogens is 463 g/mol. The van der Waals surface area contributed by atoms with E-state index in [0.29, 0.717) is 24.9 Å². The zero-order valence-corrected chi connectivity index (χ0v) is 20.0. The van der Waals surface area contributed by atoms with Crippen LogP contribution in [0.25, 0.3) is 22.0 Å². The summed E-state index contributed by atoms with van der Waals surface area (Å²) in [6.45, 7) is 6.82. The monoisotopic (exact) mass is 489 g/mol. The Morgan fingerprint density at radius 3 is 2.44 bits per heavy atom. The van der Waals surface area contributed by atoms with Gasteiger partial charge in [-0.1, -0.05) is 39.0 Å². The van der Waals surface area contributed by atoms with Crippen LogP contribution in [0.3, 0.4) is 0 Å². The highest BCUT2D eigenvalue weighted by atomic mass is 32.2. The van der Waals surface area contributed by atoms with E-state index in [1.165, 1.54) is 12.1 Å². The third-order valence-corrected chi connectivity index (χ3v) is 7.71. The number of benzene rings is 2. The molecule has 1 N–H and O–H groups in total. The van der Waals surface area contributed by atoms with E-state index in [-0.39, 0.29) is 33.9 Å². The van der Waals surface area contributed by atoms with Gasteiger partial charge in [-0.25, -0.2) is 13.1 Å². The van der Waals surface area contributed by atoms with Gasteiger partial charge in [-0.3, -0.25) is 0 Å². The maximum atomic E-state index is 13.8. The fourth-order valence-electron chi connectivity index (χ4n) is 4.17. The summed E-state index contributed by atoms with van der Waals surface area (Å²) in [7, 11) is -3.38. The first-order valence-corrected chi connectivity index (χ1v) is 12.6. The standard InChI is InChI=1S/C25H26F3N3O2S/c1-24(2,3)15-31-14-18(13-30-34(32,33)19-8-9-19)20-10-7-16(11-22(20)31)23-17(12-29)5-4-6-21(23)25(26,27)28/h4-7,10-11,14,19,30H,8-9,13,15H2,1-3H3. The van der Waals surface area contributed by atoms with Gasteiger partial charge < -0.3 is 4.57 Å². The Morgan fingerprint density at radius 2 is 1.85 bits per heavy atom. The van der Waals surface area contributed by atoms with Crippen LogP contribution in [0.4, 0.5) is 13.2 Å². The summed E-state index contributed by atoms with van der Waals surface area (Å²) in [5.74, 6) is 0. The molecule has 0 aliphatic heterocycles. The predicted molar refractivity (Wildman–Crippen MR) is 125 cm³/mol. The molecular formula is C25H26F3N3O2S. The van der Waals surface area contributed by atoms with E-state index in [9.17, 15) is 26.9 Å². The number of sulfonamides is 1. The largest absolute Gasteiger partial charge is 0.417 e. The second-order valence-electron chi connectivity index (χ2n) is 9.98. The number of rotatable bonds is 6. The van der Waals surface area contributed by atoms with Gasteiger partial charge in [-0.05, 0) is 47.6 Å². The molecule has 1 heterocycles. The first-order chi connectivity index (χ1) is 15.8. The third kappa shape index (κ3) is 4.98. The summed E-state index contributed by atoms with van der Waals surface area (Å²) in [6, 6.07) is 10.4. The highest BCUT2D eigenvalue weighted by Crippen LogP contribution is 2.40. The Kier molecular flexibility index (Phi) is 6.03. The van der Waals surface area contributed by atoms with E-state index in [1.54, 1.807) is 18.2 Å². The number of fused-ring (bicyclic) bond motifs is 1. The quantitative estimate of drug-likeness (QED) is 0.474. The van der Waals surface area contributed by atoms with Gasteiger partial charge in [0.25, 0.3) is 0 Å². The van der Waals surface area contributed by atoms with Gasteiger partial charge in [0, 0.05) is 35.8 Å². The van der Waals surface area contributed by atoms with Crippen molar-refractivity contribution in [2.45, 2.75) is 58.1 Å². The molecule has 5 nitrogen and oxygen atoms in total. The smallest absolute Gasteiger partial charge is 0.347 e. The maximum Gasteiger partial charge on any atom is 0.417 e. The number of aromatic nitrogens is 1. The number of hydrogen-bond acceptors (Lipinski definition) is 3. The van der Waals surface area contributed by atoms with E-state index < -0.39 is 21.8 Å². The fourth-order valence-corrected chi connectivity index (χ4v) is 5.52. The lowest BCUT2D eigenvalue weighted by Gasteiger charge is -2.20. The van der Waals surface area contributed by atoms with Crippen molar-refractivity contribution < 1.29 is 21.6 Å². The molecule has 0 amide bonds. The Balaban J connectivity index is 1.85. The van der Waals surface area contributed by atoms with Gasteiger partial charge >= 0.3 is 6.18 Å². The Morgan fingerprint density at radius 1 is 1.15 bits per heavy atom. The lowest BCUT2D eigenvalue weighted by Crippen LogP contribution is -2.26. The summed E-state index contributed by atoms with van der Waals surface area (Å²) >= 11 is 0. The highest BCUT2D eigenvalue weighted by Gasteiger charge is 2.36. The molecule has 1 saturated carbocycles. The molecule has 180 valence electrons. The molecule has 0 unspecified atom stereocenters. The topological polar surface area (TPSA) is 74.9 Å². The van der Waals surface area contributed by atoms with Crippen LogP contribution < -0.4 is 4.72 Å². The average molecular weight is 490 g/mol. The van der Waals surface area contributed by atoms with Crippen LogP contribution in [0.5, 0.6) is 0 Å². The molecule has 1 aliphatic rings. The van der Waals surface area contributed by atoms with Crippen molar-refractivity contribution in [2.24, 2.45) is 5.41 Å². The summed E-state index contributed by atoms with van der Waals surface area (Å²) in [4.78, 5) is 0. The summed E-state index contributed by atoms with van der Waals surface area (Å²) in [5, 5.41) is 9.92. The molecule has 0 radical (unpaired) electrons. The molecule has 0 bridgehead atoms. The van der Waals surface area contributed by atoms with Crippen molar-refractivity contribution in [1.82, 2.24) is 9.29 Å². The van der Waals surface area contributed by atoms with E-state index in [0.717, 1.165) is 17.0 Å². The summed E-state index contributed by atoms with van der Waals surface area (Å²) in [6.07, 6.45) is -1.44. The van der Waals surface area contributed by atoms with Crippen molar-refractivity contribution in [3.8, 4) is 17.2 Å². The molecule has 0 spiro atoms. The van der Waals surface area contributed by atoms with Gasteiger partial charge in [-0.15, -0.1) is 0 Å². The second-order valence-corrected chi connectivity index (χ2v) is 12.0. The number of hydrogen-bond donors (Lipinski definition) is 1. The first-order valence-electron chi connectivity index (χ1n) is 11.0. The van der Waals surface area contributed by atoms with E-state index >= 15 is 0 Å². The normalized spacial score (nSPS) is 15.0. The minimum absolute atomic E-state index is 0.0551. The number of nitriles is 1. The highest BCUT2D eigenvalue weighted by molar-refractivity contribution is 7.90. The third-order valence-electron chi connectivity index (χ3n) is 5.82. The lowest BCUT2D eigenvalue weighted by molar-refractivity contribution is -0.137. The molecule has 34 heavy (non-hydrogen) atoms. The SMILES string of the molecule is CC(C)(C)Cn1cc(CNS(=O)(=O)C2CC2)c2ccc(-c3c(C#N)cccc3C(F)(F)F)cc21. The van der Waals surface area contributed by atoms with Crippen LogP contribution in [0, 0.1) is 16.7 Å². The summed E-state index contributed by atoms with van der Waals surface area (Å²) in [5.41, 5.74) is 0.523. The van der Waals surface area contributed by atoms with Crippen molar-refractivity contribution in [3.05, 3.63) is 59.3 Å². The Bertz CT molecular complexity index is 1390. The van der Waals surface area contributed by atoms with Crippen LogP contribution in [0.15, 0.2) is 42.6 Å². The average Bonchev–Trinajstić information content (AvgIpc) is 3.55. The van der Waals surface area contributed by atoms with Crippen molar-refractivity contribution in [2.75, 3.05) is 0 Å². The molecule has 1 aliphatic carbocycles. The van der Waals surface area contributed by atoms with Crippen molar-refractivity contribution in [3.63, 3.8) is 0 Å². The summed E-state index contributed by atoms with van der Waals surface area (Å²) < 4.78 is 70.6. The molecule has 3 aromatic rings.